The molecule has 1 amide bonds. The van der Waals surface area contributed by atoms with Crippen molar-refractivity contribution < 1.29 is 9.53 Å². The fourth-order valence-electron chi connectivity index (χ4n) is 2.16. The van der Waals surface area contributed by atoms with E-state index in [0.717, 1.165) is 39.2 Å². The van der Waals surface area contributed by atoms with E-state index in [1.807, 2.05) is 18.7 Å². The zero-order valence-electron chi connectivity index (χ0n) is 14.8. The third-order valence-electron chi connectivity index (χ3n) is 4.03. The van der Waals surface area contributed by atoms with E-state index in [2.05, 4.69) is 26.1 Å². The molecular formula is C17H36N2O2. The molecular weight excluding hydrogens is 264 g/mol. The van der Waals surface area contributed by atoms with Gasteiger partial charge in [-0.25, -0.2) is 0 Å². The average Bonchev–Trinajstić information content (AvgIpc) is 2.53. The van der Waals surface area contributed by atoms with Crippen LogP contribution in [0.3, 0.4) is 0 Å². The highest BCUT2D eigenvalue weighted by molar-refractivity contribution is 5.76. The van der Waals surface area contributed by atoms with E-state index in [-0.39, 0.29) is 5.91 Å². The Morgan fingerprint density at radius 3 is 2.38 bits per heavy atom. The van der Waals surface area contributed by atoms with Gasteiger partial charge >= 0.3 is 0 Å². The van der Waals surface area contributed by atoms with E-state index in [0.29, 0.717) is 18.4 Å². The lowest BCUT2D eigenvalue weighted by atomic mass is 9.85. The van der Waals surface area contributed by atoms with Crippen molar-refractivity contribution in [3.63, 3.8) is 0 Å². The Morgan fingerprint density at radius 1 is 1.19 bits per heavy atom. The molecule has 0 spiro atoms. The third kappa shape index (κ3) is 9.86. The molecule has 0 aromatic carbocycles. The lowest BCUT2D eigenvalue weighted by Crippen LogP contribution is -2.46. The summed E-state index contributed by atoms with van der Waals surface area (Å²) < 4.78 is 5.57. The monoisotopic (exact) mass is 300 g/mol. The molecule has 0 aromatic heterocycles. The number of carbonyl (C=O) groups excluding carboxylic acids is 1. The van der Waals surface area contributed by atoms with Gasteiger partial charge in [0.05, 0.1) is 13.0 Å². The van der Waals surface area contributed by atoms with Crippen LogP contribution in [-0.2, 0) is 9.53 Å². The standard InChI is InChI=1S/C15H30N2O2.C2H6/c1-4-15(2,3)7-5-12-19-13-6-14(18)17-10-8-16-9-11-17;1-2/h16H,4-13H2,1-3H3;1-2H3. The summed E-state index contributed by atoms with van der Waals surface area (Å²) in [6.07, 6.45) is 4.00. The van der Waals surface area contributed by atoms with Gasteiger partial charge in [-0.3, -0.25) is 4.79 Å². The lowest BCUT2D eigenvalue weighted by Gasteiger charge is -2.27. The highest BCUT2D eigenvalue weighted by Crippen LogP contribution is 2.25. The normalized spacial score (nSPS) is 15.4. The van der Waals surface area contributed by atoms with Gasteiger partial charge in [0.2, 0.25) is 5.91 Å². The topological polar surface area (TPSA) is 41.6 Å². The molecule has 4 nitrogen and oxygen atoms in total. The third-order valence-corrected chi connectivity index (χ3v) is 4.03. The Balaban J connectivity index is 0.00000191. The second kappa shape index (κ2) is 12.0. The maximum atomic E-state index is 11.9. The maximum Gasteiger partial charge on any atom is 0.224 e. The Labute approximate surface area is 131 Å². The summed E-state index contributed by atoms with van der Waals surface area (Å²) in [5.41, 5.74) is 0.417. The Kier molecular flexibility index (Phi) is 11.6. The van der Waals surface area contributed by atoms with E-state index in [1.54, 1.807) is 0 Å². The highest BCUT2D eigenvalue weighted by atomic mass is 16.5. The van der Waals surface area contributed by atoms with Crippen molar-refractivity contribution in [2.75, 3.05) is 39.4 Å². The minimum atomic E-state index is 0.232. The van der Waals surface area contributed by atoms with Gasteiger partial charge in [-0.05, 0) is 18.3 Å². The molecule has 0 aromatic rings. The van der Waals surface area contributed by atoms with Crippen molar-refractivity contribution in [1.82, 2.24) is 10.2 Å². The van der Waals surface area contributed by atoms with Gasteiger partial charge in [0.15, 0.2) is 0 Å². The number of rotatable bonds is 8. The number of piperazine rings is 1. The van der Waals surface area contributed by atoms with E-state index in [4.69, 9.17) is 4.74 Å². The first-order valence-corrected chi connectivity index (χ1v) is 8.61. The van der Waals surface area contributed by atoms with E-state index in [9.17, 15) is 4.79 Å². The van der Waals surface area contributed by atoms with Crippen molar-refractivity contribution in [3.8, 4) is 0 Å². The van der Waals surface area contributed by atoms with Crippen molar-refractivity contribution >= 4 is 5.91 Å². The molecule has 0 bridgehead atoms. The Hall–Kier alpha value is -0.610. The van der Waals surface area contributed by atoms with Gasteiger partial charge in [0.1, 0.15) is 0 Å². The largest absolute Gasteiger partial charge is 0.381 e. The number of ether oxygens (including phenoxy) is 1. The van der Waals surface area contributed by atoms with Crippen molar-refractivity contribution in [1.29, 1.82) is 0 Å². The van der Waals surface area contributed by atoms with Gasteiger partial charge in [0.25, 0.3) is 0 Å². The first-order valence-electron chi connectivity index (χ1n) is 8.61. The highest BCUT2D eigenvalue weighted by Gasteiger charge is 2.16. The first-order chi connectivity index (χ1) is 10.0. The molecule has 126 valence electrons. The number of hydrogen-bond donors (Lipinski definition) is 1. The van der Waals surface area contributed by atoms with Crippen LogP contribution in [0.5, 0.6) is 0 Å². The van der Waals surface area contributed by atoms with Gasteiger partial charge in [0, 0.05) is 32.8 Å². The van der Waals surface area contributed by atoms with Crippen LogP contribution in [0.25, 0.3) is 0 Å². The van der Waals surface area contributed by atoms with Crippen LogP contribution in [0.15, 0.2) is 0 Å². The second-order valence-corrected chi connectivity index (χ2v) is 6.11. The molecule has 0 saturated carbocycles. The average molecular weight is 300 g/mol. The zero-order valence-corrected chi connectivity index (χ0v) is 14.8. The fraction of sp³-hybridized carbons (Fsp3) is 0.941. The van der Waals surface area contributed by atoms with Gasteiger partial charge in [-0.15, -0.1) is 0 Å². The molecule has 1 aliphatic heterocycles. The SMILES string of the molecule is CC.CCC(C)(C)CCCOCCC(=O)N1CCNCC1. The summed E-state index contributed by atoms with van der Waals surface area (Å²) in [7, 11) is 0. The smallest absolute Gasteiger partial charge is 0.224 e. The summed E-state index contributed by atoms with van der Waals surface area (Å²) in [6.45, 7) is 15.7. The molecule has 1 aliphatic rings. The zero-order chi connectivity index (χ0) is 16.1. The molecule has 21 heavy (non-hydrogen) atoms. The van der Waals surface area contributed by atoms with Gasteiger partial charge in [-0.1, -0.05) is 41.0 Å². The van der Waals surface area contributed by atoms with Gasteiger partial charge < -0.3 is 15.0 Å². The minimum absolute atomic E-state index is 0.232. The molecule has 1 fully saturated rings. The molecule has 1 heterocycles. The predicted octanol–water partition coefficient (Wildman–Crippen LogP) is 3.07. The number of amides is 1. The number of nitrogens with zero attached hydrogens (tertiary/aromatic N) is 1. The van der Waals surface area contributed by atoms with Crippen LogP contribution in [0.4, 0.5) is 0 Å². The maximum absolute atomic E-state index is 11.9. The van der Waals surface area contributed by atoms with E-state index < -0.39 is 0 Å². The number of carbonyl (C=O) groups is 1. The quantitative estimate of drug-likeness (QED) is 0.701. The molecule has 0 radical (unpaired) electrons. The summed E-state index contributed by atoms with van der Waals surface area (Å²) >= 11 is 0. The predicted molar refractivity (Wildman–Crippen MR) is 89.5 cm³/mol. The summed E-state index contributed by atoms with van der Waals surface area (Å²) in [6, 6.07) is 0. The lowest BCUT2D eigenvalue weighted by molar-refractivity contribution is -0.132. The summed E-state index contributed by atoms with van der Waals surface area (Å²) in [5, 5.41) is 3.25. The van der Waals surface area contributed by atoms with Crippen LogP contribution in [0.2, 0.25) is 0 Å². The minimum Gasteiger partial charge on any atom is -0.381 e. The Bertz CT molecular complexity index is 262. The molecule has 0 unspecified atom stereocenters. The summed E-state index contributed by atoms with van der Waals surface area (Å²) in [4.78, 5) is 13.8. The molecule has 1 saturated heterocycles. The number of hydrogen-bond acceptors (Lipinski definition) is 3. The molecule has 4 heteroatoms. The van der Waals surface area contributed by atoms with Crippen molar-refractivity contribution in [2.45, 2.75) is 60.3 Å². The molecule has 0 atom stereocenters. The van der Waals surface area contributed by atoms with Gasteiger partial charge in [-0.2, -0.15) is 0 Å². The van der Waals surface area contributed by atoms with Crippen LogP contribution in [-0.4, -0.2) is 50.2 Å². The van der Waals surface area contributed by atoms with Crippen LogP contribution in [0.1, 0.15) is 60.3 Å². The van der Waals surface area contributed by atoms with Crippen molar-refractivity contribution in [2.24, 2.45) is 5.41 Å². The van der Waals surface area contributed by atoms with Crippen LogP contribution in [0, 0.1) is 5.41 Å². The van der Waals surface area contributed by atoms with Crippen LogP contribution >= 0.6 is 0 Å². The van der Waals surface area contributed by atoms with Crippen molar-refractivity contribution in [3.05, 3.63) is 0 Å². The Morgan fingerprint density at radius 2 is 1.81 bits per heavy atom. The van der Waals surface area contributed by atoms with Crippen LogP contribution < -0.4 is 5.32 Å². The molecule has 1 rings (SSSR count). The molecule has 1 N–H and O–H groups in total. The fourth-order valence-corrected chi connectivity index (χ4v) is 2.16. The summed E-state index contributed by atoms with van der Waals surface area (Å²) in [5.74, 6) is 0.232. The number of nitrogens with one attached hydrogen (secondary N) is 1. The van der Waals surface area contributed by atoms with E-state index >= 15 is 0 Å². The first kappa shape index (κ1) is 20.4. The molecule has 0 aliphatic carbocycles. The van der Waals surface area contributed by atoms with E-state index in [1.165, 1.54) is 12.8 Å². The second-order valence-electron chi connectivity index (χ2n) is 6.11.